The average Bonchev–Trinajstić information content (AvgIpc) is 3.45. The molecule has 2 amide bonds. The molecule has 0 bridgehead atoms. The number of hydrogen-bond donors (Lipinski definition) is 1. The number of anilines is 2. The van der Waals surface area contributed by atoms with Crippen molar-refractivity contribution >= 4 is 23.2 Å². The summed E-state index contributed by atoms with van der Waals surface area (Å²) in [6.07, 6.45) is 3.48. The van der Waals surface area contributed by atoms with E-state index in [1.54, 1.807) is 41.5 Å². The lowest BCUT2D eigenvalue weighted by molar-refractivity contribution is -0.126. The fraction of sp³-hybridized carbons (Fsp3) is 0.333. The van der Waals surface area contributed by atoms with Gasteiger partial charge in [-0.05, 0) is 60.5 Å². The highest BCUT2D eigenvalue weighted by Crippen LogP contribution is 2.48. The van der Waals surface area contributed by atoms with Crippen molar-refractivity contribution in [2.75, 3.05) is 23.7 Å². The molecule has 0 unspecified atom stereocenters. The van der Waals surface area contributed by atoms with E-state index in [0.29, 0.717) is 29.3 Å². The van der Waals surface area contributed by atoms with Gasteiger partial charge in [0.15, 0.2) is 17.6 Å². The standard InChI is InChI=1S/C30H32N2O6/c1-3-4-5-9-18-37-23-15-13-21(14-16-23)31-29(34)26-27(20-12-17-24(33)25(19-20)36-2)32(38-28(26)30(31)35)22-10-7-6-8-11-22/h6-8,10-17,19,26-28,33H,3-5,9,18H2,1-2H3/t26-,27+,28-/m0/s1. The van der Waals surface area contributed by atoms with E-state index in [-0.39, 0.29) is 17.4 Å². The molecular weight excluding hydrogens is 484 g/mol. The SMILES string of the molecule is CCCCCCOc1ccc(N2C(=O)[C@@H]3[C@H](ON(c4ccccc4)[C@@H]3c3ccc(O)c(OC)c3)C2=O)cc1. The number of para-hydroxylation sites is 1. The first kappa shape index (κ1) is 25.6. The number of carbonyl (C=O) groups is 2. The Hall–Kier alpha value is -4.04. The van der Waals surface area contributed by atoms with Crippen LogP contribution in [-0.4, -0.2) is 36.7 Å². The molecule has 0 saturated carbocycles. The lowest BCUT2D eigenvalue weighted by atomic mass is 9.90. The molecule has 0 spiro atoms. The number of aromatic hydroxyl groups is 1. The second-order valence-corrected chi connectivity index (χ2v) is 9.50. The Morgan fingerprint density at radius 3 is 2.37 bits per heavy atom. The van der Waals surface area contributed by atoms with Gasteiger partial charge in [0.05, 0.1) is 31.1 Å². The third-order valence-corrected chi connectivity index (χ3v) is 7.03. The van der Waals surface area contributed by atoms with E-state index in [1.165, 1.54) is 30.9 Å². The number of imide groups is 1. The highest BCUT2D eigenvalue weighted by Gasteiger charge is 2.60. The van der Waals surface area contributed by atoms with Crippen LogP contribution in [0.4, 0.5) is 11.4 Å². The Labute approximate surface area is 222 Å². The van der Waals surface area contributed by atoms with Crippen LogP contribution in [0.15, 0.2) is 72.8 Å². The van der Waals surface area contributed by atoms with Crippen molar-refractivity contribution in [2.24, 2.45) is 5.92 Å². The lowest BCUT2D eigenvalue weighted by Gasteiger charge is -2.29. The predicted octanol–water partition coefficient (Wildman–Crippen LogP) is 5.41. The number of methoxy groups -OCH3 is 1. The molecule has 2 heterocycles. The van der Waals surface area contributed by atoms with Crippen molar-refractivity contribution in [3.63, 3.8) is 0 Å². The molecule has 2 saturated heterocycles. The summed E-state index contributed by atoms with van der Waals surface area (Å²) in [6, 6.07) is 20.7. The third-order valence-electron chi connectivity index (χ3n) is 7.03. The van der Waals surface area contributed by atoms with E-state index in [2.05, 4.69) is 6.92 Å². The van der Waals surface area contributed by atoms with Gasteiger partial charge in [-0.1, -0.05) is 50.5 Å². The molecule has 2 aliphatic rings. The molecule has 0 aliphatic carbocycles. The van der Waals surface area contributed by atoms with Crippen molar-refractivity contribution < 1.29 is 29.0 Å². The monoisotopic (exact) mass is 516 g/mol. The first-order valence-electron chi connectivity index (χ1n) is 13.0. The Morgan fingerprint density at radius 1 is 0.895 bits per heavy atom. The maximum Gasteiger partial charge on any atom is 0.266 e. The summed E-state index contributed by atoms with van der Waals surface area (Å²) in [5.74, 6) is -0.582. The van der Waals surface area contributed by atoms with Crippen molar-refractivity contribution in [2.45, 2.75) is 44.8 Å². The molecule has 2 aliphatic heterocycles. The topological polar surface area (TPSA) is 88.5 Å². The van der Waals surface area contributed by atoms with E-state index in [4.69, 9.17) is 14.3 Å². The average molecular weight is 517 g/mol. The normalized spacial score (nSPS) is 20.6. The highest BCUT2D eigenvalue weighted by atomic mass is 16.7. The molecule has 198 valence electrons. The molecule has 38 heavy (non-hydrogen) atoms. The Bertz CT molecular complexity index is 1280. The van der Waals surface area contributed by atoms with E-state index in [0.717, 1.165) is 12.8 Å². The van der Waals surface area contributed by atoms with Gasteiger partial charge in [0, 0.05) is 0 Å². The van der Waals surface area contributed by atoms with Crippen LogP contribution in [0.25, 0.3) is 0 Å². The maximum absolute atomic E-state index is 13.8. The molecule has 1 N–H and O–H groups in total. The molecule has 0 aromatic heterocycles. The van der Waals surface area contributed by atoms with Crippen LogP contribution in [0.3, 0.4) is 0 Å². The number of amides is 2. The smallest absolute Gasteiger partial charge is 0.266 e. The summed E-state index contributed by atoms with van der Waals surface area (Å²) in [5.41, 5.74) is 1.88. The van der Waals surface area contributed by atoms with Crippen molar-refractivity contribution in [1.82, 2.24) is 0 Å². The lowest BCUT2D eigenvalue weighted by Crippen LogP contribution is -2.37. The second-order valence-electron chi connectivity index (χ2n) is 9.50. The number of phenols is 1. The van der Waals surface area contributed by atoms with Crippen LogP contribution < -0.4 is 19.4 Å². The number of ether oxygens (including phenoxy) is 2. The zero-order valence-corrected chi connectivity index (χ0v) is 21.6. The van der Waals surface area contributed by atoms with E-state index in [1.807, 2.05) is 30.3 Å². The maximum atomic E-state index is 13.8. The molecule has 8 heteroatoms. The van der Waals surface area contributed by atoms with Crippen molar-refractivity contribution in [3.05, 3.63) is 78.4 Å². The summed E-state index contributed by atoms with van der Waals surface area (Å²) in [6.45, 7) is 2.80. The molecule has 2 fully saturated rings. The highest BCUT2D eigenvalue weighted by molar-refractivity contribution is 6.23. The van der Waals surface area contributed by atoms with Crippen LogP contribution >= 0.6 is 0 Å². The first-order chi connectivity index (χ1) is 18.5. The minimum atomic E-state index is -0.984. The number of rotatable bonds is 10. The minimum Gasteiger partial charge on any atom is -0.504 e. The van der Waals surface area contributed by atoms with Gasteiger partial charge < -0.3 is 14.6 Å². The van der Waals surface area contributed by atoms with Crippen LogP contribution in [0, 0.1) is 5.92 Å². The Kier molecular flexibility index (Phi) is 7.51. The molecular formula is C30H32N2O6. The number of carbonyl (C=O) groups excluding carboxylic acids is 2. The van der Waals surface area contributed by atoms with Gasteiger partial charge in [-0.15, -0.1) is 0 Å². The first-order valence-corrected chi connectivity index (χ1v) is 13.0. The largest absolute Gasteiger partial charge is 0.504 e. The molecule has 3 aromatic rings. The van der Waals surface area contributed by atoms with Gasteiger partial charge in [0.25, 0.3) is 5.91 Å². The third kappa shape index (κ3) is 4.79. The van der Waals surface area contributed by atoms with Gasteiger partial charge in [0.1, 0.15) is 11.7 Å². The number of benzene rings is 3. The molecule has 5 rings (SSSR count). The quantitative estimate of drug-likeness (QED) is 0.285. The number of phenolic OH excluding ortho intramolecular Hbond substituents is 1. The fourth-order valence-electron chi connectivity index (χ4n) is 5.10. The number of hydrogen-bond acceptors (Lipinski definition) is 7. The molecule has 0 radical (unpaired) electrons. The number of hydroxylamine groups is 1. The number of fused-ring (bicyclic) bond motifs is 1. The number of unbranched alkanes of at least 4 members (excludes halogenated alkanes) is 3. The Balaban J connectivity index is 1.41. The summed E-state index contributed by atoms with van der Waals surface area (Å²) >= 11 is 0. The van der Waals surface area contributed by atoms with Gasteiger partial charge in [-0.2, -0.15) is 0 Å². The van der Waals surface area contributed by atoms with Gasteiger partial charge in [-0.3, -0.25) is 14.4 Å². The fourth-order valence-corrected chi connectivity index (χ4v) is 5.10. The van der Waals surface area contributed by atoms with E-state index < -0.39 is 24.0 Å². The second kappa shape index (κ2) is 11.1. The number of nitrogens with zero attached hydrogens (tertiary/aromatic N) is 2. The van der Waals surface area contributed by atoms with Gasteiger partial charge in [0.2, 0.25) is 5.91 Å². The minimum absolute atomic E-state index is 0.0129. The summed E-state index contributed by atoms with van der Waals surface area (Å²) < 4.78 is 11.1. The zero-order chi connectivity index (χ0) is 26.6. The van der Waals surface area contributed by atoms with Gasteiger partial charge in [-0.25, -0.2) is 9.96 Å². The summed E-state index contributed by atoms with van der Waals surface area (Å²) in [7, 11) is 1.46. The van der Waals surface area contributed by atoms with Crippen LogP contribution in [0.1, 0.15) is 44.2 Å². The van der Waals surface area contributed by atoms with Crippen LogP contribution in [-0.2, 0) is 14.4 Å². The summed E-state index contributed by atoms with van der Waals surface area (Å²) in [5, 5.41) is 11.8. The molecule has 8 nitrogen and oxygen atoms in total. The van der Waals surface area contributed by atoms with Crippen molar-refractivity contribution in [1.29, 1.82) is 0 Å². The Morgan fingerprint density at radius 2 is 1.66 bits per heavy atom. The summed E-state index contributed by atoms with van der Waals surface area (Å²) in [4.78, 5) is 34.7. The van der Waals surface area contributed by atoms with Crippen molar-refractivity contribution in [3.8, 4) is 17.2 Å². The van der Waals surface area contributed by atoms with Crippen LogP contribution in [0.5, 0.6) is 17.2 Å². The predicted molar refractivity (Wildman–Crippen MR) is 143 cm³/mol. The van der Waals surface area contributed by atoms with Gasteiger partial charge >= 0.3 is 0 Å². The van der Waals surface area contributed by atoms with E-state index >= 15 is 0 Å². The molecule has 3 atom stereocenters. The van der Waals surface area contributed by atoms with Crippen LogP contribution in [0.2, 0.25) is 0 Å². The van der Waals surface area contributed by atoms with E-state index in [9.17, 15) is 14.7 Å². The molecule has 3 aromatic carbocycles. The zero-order valence-electron chi connectivity index (χ0n) is 21.6.